The third kappa shape index (κ3) is 2.31. The Hall–Kier alpha value is -1.20. The molecule has 0 radical (unpaired) electrons. The van der Waals surface area contributed by atoms with Gasteiger partial charge >= 0.3 is 0 Å². The van der Waals surface area contributed by atoms with Crippen molar-refractivity contribution in [3.8, 4) is 0 Å². The lowest BCUT2D eigenvalue weighted by atomic mass is 9.63. The highest BCUT2D eigenvalue weighted by Gasteiger charge is 2.57. The van der Waals surface area contributed by atoms with Crippen molar-refractivity contribution >= 4 is 0 Å². The highest BCUT2D eigenvalue weighted by atomic mass is 16.5. The summed E-state index contributed by atoms with van der Waals surface area (Å²) in [4.78, 5) is 16.7. The van der Waals surface area contributed by atoms with Gasteiger partial charge in [-0.05, 0) is 13.8 Å². The zero-order valence-corrected chi connectivity index (χ0v) is 15.0. The second kappa shape index (κ2) is 5.46. The standard InChI is InChI=1S/C17H28N2O3/c1-10-13(15(20)18-11(2)19(10)7)14-17(5,6)16(3,4)12(22-14)9-21-8/h12,14H,9H2,1-8H3. The van der Waals surface area contributed by atoms with Gasteiger partial charge in [-0.15, -0.1) is 0 Å². The van der Waals surface area contributed by atoms with E-state index in [4.69, 9.17) is 9.47 Å². The third-order valence-corrected chi connectivity index (χ3v) is 5.87. The molecule has 124 valence electrons. The zero-order valence-electron chi connectivity index (χ0n) is 15.0. The molecule has 1 aliphatic heterocycles. The van der Waals surface area contributed by atoms with E-state index >= 15 is 0 Å². The molecule has 1 saturated heterocycles. The Morgan fingerprint density at radius 1 is 1.23 bits per heavy atom. The monoisotopic (exact) mass is 308 g/mol. The first-order chi connectivity index (χ1) is 10.1. The van der Waals surface area contributed by atoms with Crippen molar-refractivity contribution in [3.05, 3.63) is 27.4 Å². The van der Waals surface area contributed by atoms with E-state index in [1.807, 2.05) is 25.5 Å². The van der Waals surface area contributed by atoms with Gasteiger partial charge < -0.3 is 14.0 Å². The number of methoxy groups -OCH3 is 1. The lowest BCUT2D eigenvalue weighted by Crippen LogP contribution is -2.39. The van der Waals surface area contributed by atoms with Gasteiger partial charge in [-0.2, -0.15) is 4.98 Å². The van der Waals surface area contributed by atoms with E-state index in [2.05, 4.69) is 32.7 Å². The molecule has 1 aromatic heterocycles. The molecule has 0 aliphatic carbocycles. The molecule has 1 aromatic rings. The molecule has 2 atom stereocenters. The average Bonchev–Trinajstić information content (AvgIpc) is 2.58. The second-order valence-electron chi connectivity index (χ2n) is 7.43. The zero-order chi connectivity index (χ0) is 16.9. The van der Waals surface area contributed by atoms with Crippen LogP contribution in [-0.4, -0.2) is 29.4 Å². The van der Waals surface area contributed by atoms with E-state index in [9.17, 15) is 4.79 Å². The van der Waals surface area contributed by atoms with Crippen LogP contribution in [0.4, 0.5) is 0 Å². The Balaban J connectivity index is 2.59. The van der Waals surface area contributed by atoms with Gasteiger partial charge in [0.1, 0.15) is 5.82 Å². The number of ether oxygens (including phenoxy) is 2. The van der Waals surface area contributed by atoms with Crippen LogP contribution in [0.3, 0.4) is 0 Å². The second-order valence-corrected chi connectivity index (χ2v) is 7.43. The van der Waals surface area contributed by atoms with Gasteiger partial charge in [-0.25, -0.2) is 0 Å². The maximum atomic E-state index is 12.5. The van der Waals surface area contributed by atoms with Gasteiger partial charge in [-0.3, -0.25) is 4.79 Å². The Morgan fingerprint density at radius 3 is 2.36 bits per heavy atom. The Labute approximate surface area is 132 Å². The minimum atomic E-state index is -0.283. The van der Waals surface area contributed by atoms with Crippen LogP contribution in [0, 0.1) is 24.7 Å². The number of hydrogen-bond donors (Lipinski definition) is 0. The molecular weight excluding hydrogens is 280 g/mol. The predicted molar refractivity (Wildman–Crippen MR) is 86.0 cm³/mol. The molecule has 1 aliphatic rings. The van der Waals surface area contributed by atoms with Gasteiger partial charge in [0.25, 0.3) is 5.56 Å². The SMILES string of the molecule is COCC1OC(c2c(C)n(C)c(C)nc2=O)C(C)(C)C1(C)C. The summed E-state index contributed by atoms with van der Waals surface area (Å²) in [6.07, 6.45) is -0.336. The fourth-order valence-corrected chi connectivity index (χ4v) is 3.25. The quantitative estimate of drug-likeness (QED) is 0.861. The molecule has 0 spiro atoms. The van der Waals surface area contributed by atoms with Crippen LogP contribution in [0.25, 0.3) is 0 Å². The maximum Gasteiger partial charge on any atom is 0.279 e. The van der Waals surface area contributed by atoms with E-state index in [1.165, 1.54) is 0 Å². The molecule has 5 heteroatoms. The number of rotatable bonds is 3. The van der Waals surface area contributed by atoms with Gasteiger partial charge in [0.2, 0.25) is 0 Å². The Morgan fingerprint density at radius 2 is 1.82 bits per heavy atom. The van der Waals surface area contributed by atoms with Crippen molar-refractivity contribution in [2.45, 2.75) is 53.8 Å². The van der Waals surface area contributed by atoms with Crippen molar-refractivity contribution in [1.82, 2.24) is 9.55 Å². The molecule has 2 unspecified atom stereocenters. The van der Waals surface area contributed by atoms with Crippen LogP contribution in [-0.2, 0) is 16.5 Å². The molecule has 5 nitrogen and oxygen atoms in total. The molecule has 0 saturated carbocycles. The van der Waals surface area contributed by atoms with Gasteiger partial charge in [0.05, 0.1) is 24.4 Å². The summed E-state index contributed by atoms with van der Waals surface area (Å²) in [5, 5.41) is 0. The largest absolute Gasteiger partial charge is 0.382 e. The number of nitrogens with zero attached hydrogens (tertiary/aromatic N) is 2. The highest BCUT2D eigenvalue weighted by molar-refractivity contribution is 5.26. The third-order valence-electron chi connectivity index (χ3n) is 5.87. The van der Waals surface area contributed by atoms with Gasteiger partial charge in [-0.1, -0.05) is 27.7 Å². The van der Waals surface area contributed by atoms with Crippen LogP contribution in [0.5, 0.6) is 0 Å². The molecule has 0 N–H and O–H groups in total. The Bertz CT molecular complexity index is 632. The fraction of sp³-hybridized carbons (Fsp3) is 0.765. The highest BCUT2D eigenvalue weighted by Crippen LogP contribution is 2.58. The number of aromatic nitrogens is 2. The first kappa shape index (κ1) is 17.2. The molecule has 1 fully saturated rings. The summed E-state index contributed by atoms with van der Waals surface area (Å²) < 4.78 is 13.6. The van der Waals surface area contributed by atoms with Gasteiger partial charge in [0.15, 0.2) is 0 Å². The summed E-state index contributed by atoms with van der Waals surface area (Å²) in [6.45, 7) is 13.0. The number of aryl methyl sites for hydroxylation is 1. The van der Waals surface area contributed by atoms with E-state index in [0.717, 1.165) is 11.5 Å². The first-order valence-electron chi connectivity index (χ1n) is 7.74. The summed E-state index contributed by atoms with van der Waals surface area (Å²) in [5.41, 5.74) is 1.09. The predicted octanol–water partition coefficient (Wildman–Crippen LogP) is 2.54. The smallest absolute Gasteiger partial charge is 0.279 e. The van der Waals surface area contributed by atoms with Crippen molar-refractivity contribution in [2.24, 2.45) is 17.9 Å². The summed E-state index contributed by atoms with van der Waals surface area (Å²) in [5.74, 6) is 0.717. The van der Waals surface area contributed by atoms with E-state index in [0.29, 0.717) is 12.2 Å². The topological polar surface area (TPSA) is 53.4 Å². The molecule has 0 aromatic carbocycles. The Kier molecular flexibility index (Phi) is 4.26. The normalized spacial score (nSPS) is 26.4. The van der Waals surface area contributed by atoms with Crippen LogP contribution < -0.4 is 5.56 Å². The van der Waals surface area contributed by atoms with E-state index in [1.54, 1.807) is 7.11 Å². The van der Waals surface area contributed by atoms with Crippen molar-refractivity contribution in [1.29, 1.82) is 0 Å². The van der Waals surface area contributed by atoms with Crippen molar-refractivity contribution in [2.75, 3.05) is 13.7 Å². The maximum absolute atomic E-state index is 12.5. The van der Waals surface area contributed by atoms with Crippen molar-refractivity contribution in [3.63, 3.8) is 0 Å². The minimum Gasteiger partial charge on any atom is -0.382 e. The van der Waals surface area contributed by atoms with Gasteiger partial charge in [0, 0.05) is 30.7 Å². The van der Waals surface area contributed by atoms with Crippen LogP contribution >= 0.6 is 0 Å². The fourth-order valence-electron chi connectivity index (χ4n) is 3.25. The summed E-state index contributed by atoms with van der Waals surface area (Å²) >= 11 is 0. The molecule has 0 bridgehead atoms. The van der Waals surface area contributed by atoms with Crippen LogP contribution in [0.2, 0.25) is 0 Å². The molecule has 0 amide bonds. The first-order valence-corrected chi connectivity index (χ1v) is 7.74. The summed E-state index contributed by atoms with van der Waals surface area (Å²) in [7, 11) is 3.61. The van der Waals surface area contributed by atoms with E-state index < -0.39 is 0 Å². The van der Waals surface area contributed by atoms with E-state index in [-0.39, 0.29) is 28.6 Å². The number of hydrogen-bond acceptors (Lipinski definition) is 4. The molecule has 2 rings (SSSR count). The lowest BCUT2D eigenvalue weighted by molar-refractivity contribution is -0.0302. The molecular formula is C17H28N2O3. The average molecular weight is 308 g/mol. The van der Waals surface area contributed by atoms with Crippen LogP contribution in [0.1, 0.15) is 50.9 Å². The molecule has 22 heavy (non-hydrogen) atoms. The van der Waals surface area contributed by atoms with Crippen molar-refractivity contribution < 1.29 is 9.47 Å². The minimum absolute atomic E-state index is 0.0529. The summed E-state index contributed by atoms with van der Waals surface area (Å²) in [6, 6.07) is 0. The van der Waals surface area contributed by atoms with Crippen LogP contribution in [0.15, 0.2) is 4.79 Å². The lowest BCUT2D eigenvalue weighted by Gasteiger charge is -2.38. The molecule has 2 heterocycles.